The van der Waals surface area contributed by atoms with Gasteiger partial charge in [-0.3, -0.25) is 53.6 Å². The van der Waals surface area contributed by atoms with Crippen molar-refractivity contribution in [2.75, 3.05) is 0 Å². The maximum Gasteiger partial charge on any atom is 0.339 e. The molecule has 4 aliphatic heterocycles. The van der Waals surface area contributed by atoms with Gasteiger partial charge in [-0.2, -0.15) is 4.57 Å². The predicted molar refractivity (Wildman–Crippen MR) is 331 cm³/mol. The molecule has 418 valence electrons. The van der Waals surface area contributed by atoms with E-state index in [1.54, 1.807) is 98.0 Å². The number of para-hydroxylation sites is 1. The maximum absolute atomic E-state index is 8.31. The number of rotatable bonds is 1. The second kappa shape index (κ2) is 18.4. The van der Waals surface area contributed by atoms with E-state index in [0.29, 0.717) is 66.0 Å². The first-order valence-electron chi connectivity index (χ1n) is 33.9. The highest BCUT2D eigenvalue weighted by molar-refractivity contribution is 7.25. The largest absolute Gasteiger partial charge is 0.417 e. The first-order chi connectivity index (χ1) is 47.6. The summed E-state index contributed by atoms with van der Waals surface area (Å²) >= 11 is 1.58. The van der Waals surface area contributed by atoms with Crippen molar-refractivity contribution in [3.63, 3.8) is 0 Å². The fourth-order valence-electron chi connectivity index (χ4n) is 13.6. The van der Waals surface area contributed by atoms with Crippen LogP contribution in [0.3, 0.4) is 0 Å². The Morgan fingerprint density at radius 3 is 1.48 bits per heavy atom. The molecule has 0 radical (unpaired) electrons. The molecule has 20 heteroatoms. The third-order valence-corrected chi connectivity index (χ3v) is 18.4. The van der Waals surface area contributed by atoms with Crippen LogP contribution >= 0.6 is 11.3 Å². The van der Waals surface area contributed by atoms with Gasteiger partial charge in [0.1, 0.15) is 29.8 Å². The summed E-state index contributed by atoms with van der Waals surface area (Å²) in [6, 6.07) is 24.9. The molecule has 0 atom stereocenters. The first kappa shape index (κ1) is 38.7. The Bertz CT molecular complexity index is 6070. The van der Waals surface area contributed by atoms with Crippen LogP contribution in [0.15, 0.2) is 182 Å². The van der Waals surface area contributed by atoms with E-state index >= 15 is 0 Å². The zero-order chi connectivity index (χ0) is 67.9. The van der Waals surface area contributed by atoms with Gasteiger partial charge >= 0.3 is 5.71 Å². The number of nitrogens with zero attached hydrogens (tertiary/aromatic N) is 18. The first-order valence-corrected chi connectivity index (χ1v) is 28.7. The van der Waals surface area contributed by atoms with Gasteiger partial charge in [0.15, 0.2) is 22.1 Å². The summed E-state index contributed by atoms with van der Waals surface area (Å²) in [7, 11) is 1.95. The summed E-state index contributed by atoms with van der Waals surface area (Å²) in [6.07, 6.45) is 27.7. The lowest BCUT2D eigenvalue weighted by Gasteiger charge is -2.02. The Balaban J connectivity index is 0.0000000958. The third kappa shape index (κ3) is 6.85. The molecule has 21 rings (SSSR count). The molecule has 19 nitrogen and oxygen atoms in total. The number of benzene rings is 1. The highest BCUT2D eigenvalue weighted by Crippen LogP contribution is 2.41. The van der Waals surface area contributed by atoms with Crippen LogP contribution in [0, 0.1) is 0 Å². The van der Waals surface area contributed by atoms with Crippen LogP contribution in [0.25, 0.3) is 138 Å². The molecule has 4 aliphatic rings. The van der Waals surface area contributed by atoms with Gasteiger partial charge in [-0.15, -0.1) is 0 Å². The summed E-state index contributed by atoms with van der Waals surface area (Å²) in [4.78, 5) is 34.4. The molecular formula is C67H52N18OS+4. The average molecular weight is 1170 g/mol. The van der Waals surface area contributed by atoms with Gasteiger partial charge in [0.2, 0.25) is 22.0 Å². The Morgan fingerprint density at radius 2 is 0.862 bits per heavy atom. The standard InChI is InChI=1S/C21H16N5.C16H14N5.C15H11N4O.C15H11N4S/c1-24-19-17-8-10-23-12-18(17)26(15-5-3-2-4-6-15)21(19)25-13-14-11-22-9-7-16(14)20(24)25;1-19-13-8-18-6-4-12(13)14-16(19)21-9-10-7-17-5-3-11(10)15(21)20(14)2;2*1-18-13-11-3-5-17-7-12(11)20-15(13)19-8-9-6-16-4-2-10(9)14(18)19/h2-12H,13H2,1H3;3-8H,9H2,1-2H3;2*2-7H,8H2,1H3/q4*+1/i1D3;2D3;2*1D3. The van der Waals surface area contributed by atoms with Crippen molar-refractivity contribution < 1.29 is 39.1 Å². The zero-order valence-electron chi connectivity index (χ0n) is 57.9. The summed E-state index contributed by atoms with van der Waals surface area (Å²) < 4.78 is 122. The van der Waals surface area contributed by atoms with Gasteiger partial charge in [-0.05, 0) is 60.7 Å². The van der Waals surface area contributed by atoms with Crippen molar-refractivity contribution in [3.05, 3.63) is 200 Å². The van der Waals surface area contributed by atoms with Crippen molar-refractivity contribution in [3.8, 4) is 51.2 Å². The molecule has 0 fully saturated rings. The van der Waals surface area contributed by atoms with E-state index in [1.807, 2.05) is 108 Å². The third-order valence-electron chi connectivity index (χ3n) is 17.2. The second-order valence-corrected chi connectivity index (χ2v) is 22.8. The normalized spacial score (nSPS) is 15.6. The lowest BCUT2D eigenvalue weighted by Crippen LogP contribution is -2.33. The summed E-state index contributed by atoms with van der Waals surface area (Å²) in [6.45, 7) is -6.77. The number of thiophene rings is 1. The molecule has 0 unspecified atom stereocenters. The molecule has 87 heavy (non-hydrogen) atoms. The van der Waals surface area contributed by atoms with Gasteiger partial charge in [0.05, 0.1) is 126 Å². The number of aryl methyl sites for hydroxylation is 5. The number of hydrogen-bond acceptors (Lipinski definition) is 10. The van der Waals surface area contributed by atoms with Crippen molar-refractivity contribution in [2.45, 2.75) is 26.2 Å². The van der Waals surface area contributed by atoms with E-state index in [0.717, 1.165) is 120 Å². The van der Waals surface area contributed by atoms with E-state index in [1.165, 1.54) is 18.3 Å². The number of furan rings is 1. The average Bonchev–Trinajstić information content (AvgIpc) is 1.56. The smallest absolute Gasteiger partial charge is 0.339 e. The molecule has 0 aliphatic carbocycles. The highest BCUT2D eigenvalue weighted by atomic mass is 32.1. The molecule has 16 aromatic heterocycles. The topological polar surface area (TPSA) is 161 Å². The SMILES string of the molecule is [2H]C([2H])([2H])n1c2[n+](c3c1c1ccncc1n3-c1ccccc1)Cc1cnccc1-2.[2H]C([2H])([2H])n1c2[n+](c3c1c1ccncc1n3C)Cc1cnccc1-2.[2H]C([2H])([2H])n1c2[n+](c3oc4cnccc4c31)Cc1cnccc1-2.[2H]C([2H])([2H])n1c2[n+](c3sc4cnccc4c31)Cc1cnccc1-2. The fraction of sp³-hybridized carbons (Fsp3) is 0.134. The molecule has 20 heterocycles. The molecule has 1 aromatic carbocycles. The molecule has 0 bridgehead atoms. The van der Waals surface area contributed by atoms with Crippen LogP contribution < -0.4 is 18.3 Å². The Labute approximate surface area is 515 Å². The molecule has 17 aromatic rings. The van der Waals surface area contributed by atoms with E-state index in [-0.39, 0.29) is 0 Å². The lowest BCUT2D eigenvalue weighted by molar-refractivity contribution is -0.652. The van der Waals surface area contributed by atoms with Crippen LogP contribution in [-0.2, 0) is 61.1 Å². The monoisotopic (exact) mass is 1170 g/mol. The van der Waals surface area contributed by atoms with Crippen LogP contribution in [0.5, 0.6) is 0 Å². The van der Waals surface area contributed by atoms with E-state index < -0.39 is 27.9 Å². The zero-order valence-corrected chi connectivity index (χ0v) is 46.8. The Hall–Kier alpha value is -11.1. The highest BCUT2D eigenvalue weighted by Gasteiger charge is 2.39. The maximum atomic E-state index is 8.31. The minimum atomic E-state index is -2.33. The molecule has 0 N–H and O–H groups in total. The Kier molecular flexibility index (Phi) is 8.20. The van der Waals surface area contributed by atoms with Crippen molar-refractivity contribution >= 4 is 98.1 Å². The van der Waals surface area contributed by atoms with E-state index in [9.17, 15) is 0 Å². The van der Waals surface area contributed by atoms with Gasteiger partial charge < -0.3 is 4.42 Å². The van der Waals surface area contributed by atoms with E-state index in [2.05, 4.69) is 58.1 Å². The van der Waals surface area contributed by atoms with Crippen molar-refractivity contribution in [2.24, 2.45) is 35.0 Å². The minimum absolute atomic E-state index is 0.547. The van der Waals surface area contributed by atoms with Crippen LogP contribution in [0.2, 0.25) is 0 Å². The van der Waals surface area contributed by atoms with Crippen LogP contribution in [0.4, 0.5) is 0 Å². The summed E-state index contributed by atoms with van der Waals surface area (Å²) in [5.41, 5.74) is 16.2. The predicted octanol–water partition coefficient (Wildman–Crippen LogP) is 9.53. The number of fused-ring (bicyclic) bond motifs is 28. The fourth-order valence-corrected chi connectivity index (χ4v) is 14.7. The number of pyridine rings is 8. The molecule has 0 amide bonds. The molecular weight excluding hydrogens is 1100 g/mol. The number of hydrogen-bond donors (Lipinski definition) is 0. The lowest BCUT2D eigenvalue weighted by atomic mass is 10.2. The van der Waals surface area contributed by atoms with Crippen LogP contribution in [-0.4, -0.2) is 67.3 Å². The summed E-state index contributed by atoms with van der Waals surface area (Å²) in [5.74, 6) is 2.78. The molecule has 0 spiro atoms. The Morgan fingerprint density at radius 1 is 0.414 bits per heavy atom. The van der Waals surface area contributed by atoms with Gasteiger partial charge in [-0.1, -0.05) is 29.5 Å². The van der Waals surface area contributed by atoms with Crippen LogP contribution in [0.1, 0.15) is 38.7 Å². The quantitative estimate of drug-likeness (QED) is 0.146. The van der Waals surface area contributed by atoms with Crippen molar-refractivity contribution in [1.82, 2.24) is 67.3 Å². The second-order valence-electron chi connectivity index (χ2n) is 21.7. The van der Waals surface area contributed by atoms with E-state index in [4.69, 9.17) is 20.9 Å². The van der Waals surface area contributed by atoms with Gasteiger partial charge in [0.25, 0.3) is 22.9 Å². The molecule has 0 saturated heterocycles. The summed E-state index contributed by atoms with van der Waals surface area (Å²) in [5, 5.41) is 3.46. The van der Waals surface area contributed by atoms with Gasteiger partial charge in [0, 0.05) is 108 Å². The molecule has 0 saturated carbocycles. The van der Waals surface area contributed by atoms with Gasteiger partial charge in [-0.25, -0.2) is 27.4 Å². The number of aromatic nitrogens is 18. The van der Waals surface area contributed by atoms with Crippen molar-refractivity contribution in [1.29, 1.82) is 0 Å². The minimum Gasteiger partial charge on any atom is -0.417 e. The number of imidazole rings is 4.